The molecule has 8 heteroatoms. The van der Waals surface area contributed by atoms with Crippen LogP contribution >= 0.6 is 11.8 Å². The molecule has 0 aromatic rings. The van der Waals surface area contributed by atoms with Crippen LogP contribution in [0, 0.1) is 5.92 Å². The van der Waals surface area contributed by atoms with Gasteiger partial charge in [-0.3, -0.25) is 9.69 Å². The minimum atomic E-state index is -1.01. The Morgan fingerprint density at radius 2 is 2.10 bits per heavy atom. The summed E-state index contributed by atoms with van der Waals surface area (Å²) in [5.74, 6) is -0.867. The number of carboxylic acid groups (broad SMARTS) is 1. The molecule has 21 heavy (non-hydrogen) atoms. The Hall–Kier alpha value is -1.44. The summed E-state index contributed by atoms with van der Waals surface area (Å²) in [7, 11) is 0. The second-order valence-corrected chi connectivity index (χ2v) is 6.17. The summed E-state index contributed by atoms with van der Waals surface area (Å²) >= 11 is 1.46. The molecule has 0 spiro atoms. The van der Waals surface area contributed by atoms with Crippen molar-refractivity contribution >= 4 is 29.7 Å². The molecule has 0 radical (unpaired) electrons. The van der Waals surface area contributed by atoms with Crippen LogP contribution in [0.2, 0.25) is 0 Å². The molecule has 1 rings (SSSR count). The van der Waals surface area contributed by atoms with Gasteiger partial charge in [0.05, 0.1) is 18.4 Å². The lowest BCUT2D eigenvalue weighted by atomic mass is 10.2. The quantitative estimate of drug-likeness (QED) is 0.713. The average Bonchev–Trinajstić information content (AvgIpc) is 2.83. The van der Waals surface area contributed by atoms with E-state index in [-0.39, 0.29) is 30.2 Å². The number of rotatable bonds is 6. The Balaban J connectivity index is 2.59. The zero-order valence-corrected chi connectivity index (χ0v) is 13.3. The van der Waals surface area contributed by atoms with Crippen molar-refractivity contribution in [1.29, 1.82) is 0 Å². The summed E-state index contributed by atoms with van der Waals surface area (Å²) in [4.78, 5) is 36.0. The number of hydrogen-bond donors (Lipinski definition) is 2. The first-order valence-corrected chi connectivity index (χ1v) is 7.99. The third-order valence-corrected chi connectivity index (χ3v) is 4.66. The van der Waals surface area contributed by atoms with Crippen LogP contribution in [0.3, 0.4) is 0 Å². The van der Waals surface area contributed by atoms with E-state index in [0.29, 0.717) is 12.4 Å². The van der Waals surface area contributed by atoms with E-state index in [1.54, 1.807) is 6.92 Å². The number of carboxylic acids is 1. The molecule has 0 aromatic heterocycles. The van der Waals surface area contributed by atoms with Gasteiger partial charge in [0.25, 0.3) is 0 Å². The first-order valence-electron chi connectivity index (χ1n) is 6.94. The Morgan fingerprint density at radius 3 is 2.62 bits per heavy atom. The lowest BCUT2D eigenvalue weighted by molar-refractivity contribution is -0.143. The molecular weight excluding hydrogens is 296 g/mol. The molecular formula is C13H22N2O5S. The van der Waals surface area contributed by atoms with Crippen molar-refractivity contribution in [2.45, 2.75) is 38.6 Å². The lowest BCUT2D eigenvalue weighted by Crippen LogP contribution is -2.51. The highest BCUT2D eigenvalue weighted by Gasteiger charge is 2.42. The molecule has 0 saturated carbocycles. The molecule has 120 valence electrons. The molecule has 2 unspecified atom stereocenters. The molecule has 1 heterocycles. The van der Waals surface area contributed by atoms with E-state index in [1.165, 1.54) is 16.7 Å². The number of esters is 1. The van der Waals surface area contributed by atoms with Gasteiger partial charge in [-0.05, 0) is 12.8 Å². The summed E-state index contributed by atoms with van der Waals surface area (Å²) in [5.41, 5.74) is 0. The van der Waals surface area contributed by atoms with E-state index in [9.17, 15) is 19.5 Å². The van der Waals surface area contributed by atoms with Gasteiger partial charge < -0.3 is 15.2 Å². The number of hydrogen-bond acceptors (Lipinski definition) is 5. The number of nitrogens with one attached hydrogen (secondary N) is 1. The summed E-state index contributed by atoms with van der Waals surface area (Å²) in [6.45, 7) is 6.03. The monoisotopic (exact) mass is 318 g/mol. The van der Waals surface area contributed by atoms with Crippen molar-refractivity contribution in [2.75, 3.05) is 18.9 Å². The highest BCUT2D eigenvalue weighted by atomic mass is 32.2. The van der Waals surface area contributed by atoms with Crippen LogP contribution in [0.5, 0.6) is 0 Å². The van der Waals surface area contributed by atoms with Crippen LogP contribution in [0.4, 0.5) is 4.79 Å². The predicted octanol–water partition coefficient (Wildman–Crippen LogP) is 1.13. The second kappa shape index (κ2) is 8.11. The predicted molar refractivity (Wildman–Crippen MR) is 79.0 cm³/mol. The van der Waals surface area contributed by atoms with Gasteiger partial charge in [0, 0.05) is 12.3 Å². The molecule has 0 bridgehead atoms. The van der Waals surface area contributed by atoms with Gasteiger partial charge in [-0.2, -0.15) is 0 Å². The van der Waals surface area contributed by atoms with Crippen molar-refractivity contribution in [3.63, 3.8) is 0 Å². The van der Waals surface area contributed by atoms with Crippen molar-refractivity contribution in [3.8, 4) is 0 Å². The molecule has 0 aliphatic carbocycles. The molecule has 7 nitrogen and oxygen atoms in total. The van der Waals surface area contributed by atoms with Gasteiger partial charge in [-0.25, -0.2) is 9.59 Å². The van der Waals surface area contributed by atoms with Gasteiger partial charge in [0.2, 0.25) is 0 Å². The molecule has 2 N–H and O–H groups in total. The Kier molecular flexibility index (Phi) is 6.80. The van der Waals surface area contributed by atoms with E-state index >= 15 is 0 Å². The van der Waals surface area contributed by atoms with Crippen LogP contribution in [0.1, 0.15) is 27.2 Å². The Labute approximate surface area is 128 Å². The van der Waals surface area contributed by atoms with Crippen molar-refractivity contribution in [3.05, 3.63) is 0 Å². The maximum absolute atomic E-state index is 12.2. The molecule has 1 saturated heterocycles. The van der Waals surface area contributed by atoms with Gasteiger partial charge in [0.1, 0.15) is 6.04 Å². The number of urea groups is 1. The smallest absolute Gasteiger partial charge is 0.327 e. The maximum Gasteiger partial charge on any atom is 0.327 e. The third kappa shape index (κ3) is 4.80. The molecule has 1 fully saturated rings. The number of carbonyl (C=O) groups is 3. The number of aliphatic carboxylic acids is 1. The highest BCUT2D eigenvalue weighted by Crippen LogP contribution is 2.33. The van der Waals surface area contributed by atoms with Gasteiger partial charge in [-0.1, -0.05) is 13.8 Å². The largest absolute Gasteiger partial charge is 0.480 e. The third-order valence-electron chi connectivity index (χ3n) is 3.04. The van der Waals surface area contributed by atoms with Crippen LogP contribution in [0.15, 0.2) is 0 Å². The maximum atomic E-state index is 12.2. The molecule has 1 aliphatic heterocycles. The van der Waals surface area contributed by atoms with Crippen molar-refractivity contribution in [1.82, 2.24) is 10.2 Å². The van der Waals surface area contributed by atoms with E-state index in [2.05, 4.69) is 5.32 Å². The highest BCUT2D eigenvalue weighted by molar-refractivity contribution is 8.00. The van der Waals surface area contributed by atoms with E-state index in [0.717, 1.165) is 0 Å². The summed E-state index contributed by atoms with van der Waals surface area (Å²) in [6, 6.07) is -1.28. The lowest BCUT2D eigenvalue weighted by Gasteiger charge is -2.29. The van der Waals surface area contributed by atoms with Crippen molar-refractivity contribution in [2.24, 2.45) is 5.92 Å². The fourth-order valence-corrected chi connectivity index (χ4v) is 3.56. The topological polar surface area (TPSA) is 95.9 Å². The number of carbonyl (C=O) groups excluding carboxylic acids is 2. The van der Waals surface area contributed by atoms with Crippen LogP contribution in [0.25, 0.3) is 0 Å². The first kappa shape index (κ1) is 17.6. The number of thioether (sulfide) groups is 1. The number of ether oxygens (including phenoxy) is 1. The van der Waals surface area contributed by atoms with Crippen molar-refractivity contribution < 1.29 is 24.2 Å². The summed E-state index contributed by atoms with van der Waals surface area (Å²) in [5, 5.41) is 11.6. The van der Waals surface area contributed by atoms with E-state index in [4.69, 9.17) is 4.74 Å². The van der Waals surface area contributed by atoms with Gasteiger partial charge >= 0.3 is 18.0 Å². The zero-order chi connectivity index (χ0) is 16.0. The average molecular weight is 318 g/mol. The number of amides is 2. The summed E-state index contributed by atoms with van der Waals surface area (Å²) in [6.07, 6.45) is 0.0741. The second-order valence-electron chi connectivity index (χ2n) is 5.02. The number of nitrogens with zero attached hydrogens (tertiary/aromatic N) is 1. The molecule has 2 atom stereocenters. The SMILES string of the molecule is CCOC(=O)CCNC(=O)N1C(C(=O)O)CSC1C(C)C. The van der Waals surface area contributed by atoms with Crippen LogP contribution in [-0.2, 0) is 14.3 Å². The minimum absolute atomic E-state index is 0.0741. The zero-order valence-electron chi connectivity index (χ0n) is 12.5. The Morgan fingerprint density at radius 1 is 1.43 bits per heavy atom. The van der Waals surface area contributed by atoms with Gasteiger partial charge in [0.15, 0.2) is 0 Å². The fourth-order valence-electron chi connectivity index (χ4n) is 2.08. The molecule has 2 amide bonds. The van der Waals surface area contributed by atoms with E-state index in [1.807, 2.05) is 13.8 Å². The normalized spacial score (nSPS) is 21.4. The summed E-state index contributed by atoms with van der Waals surface area (Å²) < 4.78 is 4.77. The van der Waals surface area contributed by atoms with Gasteiger partial charge in [-0.15, -0.1) is 11.8 Å². The Bertz CT molecular complexity index is 402. The minimum Gasteiger partial charge on any atom is -0.480 e. The van der Waals surface area contributed by atoms with Crippen LogP contribution < -0.4 is 5.32 Å². The standard InChI is InChI=1S/C13H22N2O5S/c1-4-20-10(16)5-6-14-13(19)15-9(12(17)18)7-21-11(15)8(2)3/h8-9,11H,4-7H2,1-3H3,(H,14,19)(H,17,18). The van der Waals surface area contributed by atoms with E-state index < -0.39 is 18.0 Å². The molecule has 1 aliphatic rings. The van der Waals surface area contributed by atoms with Crippen LogP contribution in [-0.4, -0.2) is 58.3 Å². The fraction of sp³-hybridized carbons (Fsp3) is 0.769. The first-order chi connectivity index (χ1) is 9.88. The molecule has 0 aromatic carbocycles.